The maximum absolute atomic E-state index is 12.6. The lowest BCUT2D eigenvalue weighted by Gasteiger charge is -2.22. The highest BCUT2D eigenvalue weighted by molar-refractivity contribution is 9.10. The Morgan fingerprint density at radius 1 is 1.47 bits per heavy atom. The van der Waals surface area contributed by atoms with Gasteiger partial charge in [0.15, 0.2) is 0 Å². The fourth-order valence-electron chi connectivity index (χ4n) is 2.34. The topological polar surface area (TPSA) is 49.4 Å². The van der Waals surface area contributed by atoms with E-state index in [1.54, 1.807) is 13.1 Å². The van der Waals surface area contributed by atoms with Gasteiger partial charge in [0, 0.05) is 24.1 Å². The van der Waals surface area contributed by atoms with Gasteiger partial charge in [-0.3, -0.25) is 0 Å². The molecule has 1 aliphatic heterocycles. The summed E-state index contributed by atoms with van der Waals surface area (Å²) in [5.74, 6) is 0. The number of halogens is 1. The lowest BCUT2D eigenvalue weighted by molar-refractivity contribution is 0.417. The second-order valence-corrected chi connectivity index (χ2v) is 7.92. The number of hydrogen-bond donors (Lipinski definition) is 1. The SMILES string of the molecule is Cc1ccc(Br)cc1S(=O)(=O)N(C)CC1CCCN1. The van der Waals surface area contributed by atoms with Crippen LogP contribution >= 0.6 is 15.9 Å². The monoisotopic (exact) mass is 346 g/mol. The predicted octanol–water partition coefficient (Wildman–Crippen LogP) is 2.13. The van der Waals surface area contributed by atoms with Crippen molar-refractivity contribution in [3.63, 3.8) is 0 Å². The average Bonchev–Trinajstić information content (AvgIpc) is 2.85. The van der Waals surface area contributed by atoms with E-state index in [-0.39, 0.29) is 6.04 Å². The van der Waals surface area contributed by atoms with Crippen molar-refractivity contribution in [3.05, 3.63) is 28.2 Å². The summed E-state index contributed by atoms with van der Waals surface area (Å²) in [5.41, 5.74) is 0.773. The average molecular weight is 347 g/mol. The number of sulfonamides is 1. The highest BCUT2D eigenvalue weighted by Gasteiger charge is 2.26. The minimum atomic E-state index is -3.42. The van der Waals surface area contributed by atoms with Crippen molar-refractivity contribution in [1.82, 2.24) is 9.62 Å². The van der Waals surface area contributed by atoms with Gasteiger partial charge in [-0.25, -0.2) is 8.42 Å². The molecule has 2 rings (SSSR count). The van der Waals surface area contributed by atoms with Gasteiger partial charge in [0.1, 0.15) is 0 Å². The molecule has 1 aromatic rings. The maximum atomic E-state index is 12.6. The second-order valence-electron chi connectivity index (χ2n) is 4.99. The van der Waals surface area contributed by atoms with E-state index in [0.717, 1.165) is 29.4 Å². The second kappa shape index (κ2) is 5.91. The first-order valence-electron chi connectivity index (χ1n) is 6.37. The van der Waals surface area contributed by atoms with Crippen molar-refractivity contribution in [3.8, 4) is 0 Å². The number of nitrogens with one attached hydrogen (secondary N) is 1. The molecule has 0 amide bonds. The maximum Gasteiger partial charge on any atom is 0.243 e. The molecule has 1 aromatic carbocycles. The fraction of sp³-hybridized carbons (Fsp3) is 0.538. The summed E-state index contributed by atoms with van der Waals surface area (Å²) < 4.78 is 27.4. The van der Waals surface area contributed by atoms with Crippen LogP contribution in [0.3, 0.4) is 0 Å². The van der Waals surface area contributed by atoms with Gasteiger partial charge in [-0.05, 0) is 44.0 Å². The van der Waals surface area contributed by atoms with Crippen molar-refractivity contribution >= 4 is 26.0 Å². The molecule has 106 valence electrons. The van der Waals surface area contributed by atoms with E-state index < -0.39 is 10.0 Å². The van der Waals surface area contributed by atoms with Gasteiger partial charge in [0.2, 0.25) is 10.0 Å². The van der Waals surface area contributed by atoms with Crippen molar-refractivity contribution in [2.75, 3.05) is 20.1 Å². The highest BCUT2D eigenvalue weighted by Crippen LogP contribution is 2.23. The van der Waals surface area contributed by atoms with Crippen LogP contribution in [-0.4, -0.2) is 38.9 Å². The molecule has 0 saturated carbocycles. The Morgan fingerprint density at radius 2 is 2.21 bits per heavy atom. The van der Waals surface area contributed by atoms with E-state index in [9.17, 15) is 8.42 Å². The molecule has 1 heterocycles. The van der Waals surface area contributed by atoms with Gasteiger partial charge in [-0.15, -0.1) is 0 Å². The quantitative estimate of drug-likeness (QED) is 0.908. The van der Waals surface area contributed by atoms with Crippen LogP contribution in [0.25, 0.3) is 0 Å². The lowest BCUT2D eigenvalue weighted by atomic mass is 10.2. The van der Waals surface area contributed by atoms with Gasteiger partial charge < -0.3 is 5.32 Å². The molecule has 1 atom stereocenters. The summed E-state index contributed by atoms with van der Waals surface area (Å²) in [6.07, 6.45) is 2.16. The van der Waals surface area contributed by atoms with Crippen LogP contribution in [0.2, 0.25) is 0 Å². The molecule has 6 heteroatoms. The summed E-state index contributed by atoms with van der Waals surface area (Å²) in [6.45, 7) is 3.32. The zero-order valence-corrected chi connectivity index (χ0v) is 13.6. The molecule has 0 spiro atoms. The fourth-order valence-corrected chi connectivity index (χ4v) is 4.32. The number of nitrogens with zero attached hydrogens (tertiary/aromatic N) is 1. The third-order valence-electron chi connectivity index (χ3n) is 3.48. The molecular formula is C13H19BrN2O2S. The molecule has 0 bridgehead atoms. The van der Waals surface area contributed by atoms with Gasteiger partial charge in [0.25, 0.3) is 0 Å². The highest BCUT2D eigenvalue weighted by atomic mass is 79.9. The zero-order valence-electron chi connectivity index (χ0n) is 11.2. The minimum absolute atomic E-state index is 0.271. The van der Waals surface area contributed by atoms with Crippen molar-refractivity contribution in [2.24, 2.45) is 0 Å². The Hall–Kier alpha value is -0.430. The van der Waals surface area contributed by atoms with Gasteiger partial charge >= 0.3 is 0 Å². The molecule has 0 aliphatic carbocycles. The molecule has 1 N–H and O–H groups in total. The molecule has 1 saturated heterocycles. The van der Waals surface area contributed by atoms with E-state index in [1.165, 1.54) is 4.31 Å². The van der Waals surface area contributed by atoms with E-state index in [0.29, 0.717) is 11.4 Å². The number of hydrogen-bond acceptors (Lipinski definition) is 3. The van der Waals surface area contributed by atoms with Gasteiger partial charge in [-0.1, -0.05) is 22.0 Å². The van der Waals surface area contributed by atoms with Gasteiger partial charge in [-0.2, -0.15) is 4.31 Å². The van der Waals surface area contributed by atoms with Crippen LogP contribution in [-0.2, 0) is 10.0 Å². The third kappa shape index (κ3) is 3.37. The molecular weight excluding hydrogens is 328 g/mol. The lowest BCUT2D eigenvalue weighted by Crippen LogP contribution is -2.38. The van der Waals surface area contributed by atoms with Crippen LogP contribution < -0.4 is 5.32 Å². The minimum Gasteiger partial charge on any atom is -0.313 e. The summed E-state index contributed by atoms with van der Waals surface area (Å²) in [5, 5.41) is 3.32. The number of aryl methyl sites for hydroxylation is 1. The Labute approximate surface area is 123 Å². The molecule has 1 fully saturated rings. The van der Waals surface area contributed by atoms with Crippen molar-refractivity contribution in [1.29, 1.82) is 0 Å². The zero-order chi connectivity index (χ0) is 14.0. The first-order valence-corrected chi connectivity index (χ1v) is 8.60. The Kier molecular flexibility index (Phi) is 4.66. The molecule has 0 radical (unpaired) electrons. The molecule has 1 aliphatic rings. The van der Waals surface area contributed by atoms with Crippen LogP contribution in [0, 0.1) is 6.92 Å². The third-order valence-corrected chi connectivity index (χ3v) is 5.94. The normalized spacial score (nSPS) is 20.1. The standard InChI is InChI=1S/C13H19BrN2O2S/c1-10-5-6-11(14)8-13(10)19(17,18)16(2)9-12-4-3-7-15-12/h5-6,8,12,15H,3-4,7,9H2,1-2H3. The summed E-state index contributed by atoms with van der Waals surface area (Å²) >= 11 is 3.33. The number of likely N-dealkylation sites (N-methyl/N-ethyl adjacent to an activating group) is 1. The Morgan fingerprint density at radius 3 is 2.84 bits per heavy atom. The number of benzene rings is 1. The summed E-state index contributed by atoms with van der Waals surface area (Å²) in [7, 11) is -1.77. The first-order chi connectivity index (χ1) is 8.91. The molecule has 4 nitrogen and oxygen atoms in total. The van der Waals surface area contributed by atoms with E-state index in [4.69, 9.17) is 0 Å². The van der Waals surface area contributed by atoms with Gasteiger partial charge in [0.05, 0.1) is 4.90 Å². The van der Waals surface area contributed by atoms with Crippen LogP contribution in [0.4, 0.5) is 0 Å². The van der Waals surface area contributed by atoms with Crippen LogP contribution in [0.5, 0.6) is 0 Å². The van der Waals surface area contributed by atoms with Crippen molar-refractivity contribution in [2.45, 2.75) is 30.7 Å². The largest absolute Gasteiger partial charge is 0.313 e. The van der Waals surface area contributed by atoms with Crippen molar-refractivity contribution < 1.29 is 8.42 Å². The van der Waals surface area contributed by atoms with Crippen LogP contribution in [0.1, 0.15) is 18.4 Å². The van der Waals surface area contributed by atoms with E-state index >= 15 is 0 Å². The Balaban J connectivity index is 2.22. The first kappa shape index (κ1) is 15.0. The molecule has 1 unspecified atom stereocenters. The van der Waals surface area contributed by atoms with E-state index in [1.807, 2.05) is 19.1 Å². The number of rotatable bonds is 4. The predicted molar refractivity (Wildman–Crippen MR) is 79.7 cm³/mol. The summed E-state index contributed by atoms with van der Waals surface area (Å²) in [6, 6.07) is 5.61. The molecule has 19 heavy (non-hydrogen) atoms. The summed E-state index contributed by atoms with van der Waals surface area (Å²) in [4.78, 5) is 0.377. The Bertz CT molecular complexity index is 554. The molecule has 0 aromatic heterocycles. The van der Waals surface area contributed by atoms with E-state index in [2.05, 4.69) is 21.2 Å². The smallest absolute Gasteiger partial charge is 0.243 e. The van der Waals surface area contributed by atoms with Crippen LogP contribution in [0.15, 0.2) is 27.6 Å².